The highest BCUT2D eigenvalue weighted by Crippen LogP contribution is 2.44. The first-order chi connectivity index (χ1) is 17.1. The quantitative estimate of drug-likeness (QED) is 0.587. The third-order valence-electron chi connectivity index (χ3n) is 6.92. The maximum Gasteiger partial charge on any atom is 0.258 e. The number of hydrogen-bond donors (Lipinski definition) is 1. The Kier molecular flexibility index (Phi) is 6.72. The summed E-state index contributed by atoms with van der Waals surface area (Å²) < 4.78 is 20.4. The van der Waals surface area contributed by atoms with Gasteiger partial charge in [0.1, 0.15) is 29.6 Å². The summed E-state index contributed by atoms with van der Waals surface area (Å²) in [5, 5.41) is 2.77. The maximum atomic E-state index is 14.7. The summed E-state index contributed by atoms with van der Waals surface area (Å²) in [4.78, 5) is 32.4. The highest BCUT2D eigenvalue weighted by Gasteiger charge is 2.40. The Labute approximate surface area is 205 Å². The van der Waals surface area contributed by atoms with Crippen LogP contribution in [0.4, 0.5) is 15.8 Å². The van der Waals surface area contributed by atoms with E-state index in [0.717, 1.165) is 31.0 Å². The molecule has 1 saturated heterocycles. The number of ketones is 1. The molecule has 0 atom stereocenters. The lowest BCUT2D eigenvalue weighted by atomic mass is 10.0. The van der Waals surface area contributed by atoms with Gasteiger partial charge in [-0.25, -0.2) is 4.39 Å². The molecule has 3 heterocycles. The Morgan fingerprint density at radius 1 is 1.09 bits per heavy atom. The van der Waals surface area contributed by atoms with Gasteiger partial charge < -0.3 is 19.9 Å². The van der Waals surface area contributed by atoms with Gasteiger partial charge in [0.15, 0.2) is 5.78 Å². The largest absolute Gasteiger partial charge is 0.492 e. The minimum atomic E-state index is -0.480. The topological polar surface area (TPSA) is 65.1 Å². The molecule has 0 aliphatic carbocycles. The van der Waals surface area contributed by atoms with E-state index >= 15 is 0 Å². The van der Waals surface area contributed by atoms with Gasteiger partial charge >= 0.3 is 0 Å². The van der Waals surface area contributed by atoms with Crippen molar-refractivity contribution in [2.45, 2.75) is 32.7 Å². The summed E-state index contributed by atoms with van der Waals surface area (Å²) in [5.41, 5.74) is 2.46. The smallest absolute Gasteiger partial charge is 0.258 e. The molecule has 0 saturated carbocycles. The van der Waals surface area contributed by atoms with Crippen molar-refractivity contribution in [1.29, 1.82) is 0 Å². The van der Waals surface area contributed by atoms with Crippen LogP contribution >= 0.6 is 0 Å². The van der Waals surface area contributed by atoms with Gasteiger partial charge in [-0.15, -0.1) is 0 Å². The second-order valence-electron chi connectivity index (χ2n) is 9.09. The van der Waals surface area contributed by atoms with Gasteiger partial charge in [-0.1, -0.05) is 18.2 Å². The number of carbonyl (C=O) groups excluding carboxylic acids is 2. The van der Waals surface area contributed by atoms with E-state index in [1.54, 1.807) is 12.1 Å². The lowest BCUT2D eigenvalue weighted by Crippen LogP contribution is -2.42. The first kappa shape index (κ1) is 23.4. The number of benzene rings is 2. The van der Waals surface area contributed by atoms with Crippen molar-refractivity contribution in [1.82, 2.24) is 10.2 Å². The van der Waals surface area contributed by atoms with Gasteiger partial charge in [0.05, 0.1) is 11.4 Å². The van der Waals surface area contributed by atoms with Crippen LogP contribution < -0.4 is 19.9 Å². The van der Waals surface area contributed by atoms with Crippen LogP contribution in [0.3, 0.4) is 0 Å². The van der Waals surface area contributed by atoms with Crippen molar-refractivity contribution in [3.63, 3.8) is 0 Å². The average Bonchev–Trinajstić information content (AvgIpc) is 3.49. The number of halogens is 1. The summed E-state index contributed by atoms with van der Waals surface area (Å²) in [7, 11) is 0. The van der Waals surface area contributed by atoms with Crippen LogP contribution in [0.5, 0.6) is 5.75 Å². The van der Waals surface area contributed by atoms with Gasteiger partial charge in [0.2, 0.25) is 0 Å². The predicted octanol–water partition coefficient (Wildman–Crippen LogP) is 3.45. The van der Waals surface area contributed by atoms with E-state index in [0.29, 0.717) is 36.8 Å². The van der Waals surface area contributed by atoms with E-state index < -0.39 is 11.7 Å². The molecule has 0 bridgehead atoms. The number of fused-ring (bicyclic) bond motifs is 3. The summed E-state index contributed by atoms with van der Waals surface area (Å²) in [6.45, 7) is 6.68. The zero-order valence-corrected chi connectivity index (χ0v) is 20.1. The predicted molar refractivity (Wildman–Crippen MR) is 133 cm³/mol. The molecule has 1 fully saturated rings. The van der Waals surface area contributed by atoms with Gasteiger partial charge in [0.25, 0.3) is 5.91 Å². The van der Waals surface area contributed by atoms with E-state index in [9.17, 15) is 14.0 Å². The molecule has 0 unspecified atom stereocenters. The maximum absolute atomic E-state index is 14.7. The SMILES string of the molecule is CCN1C2=C(C(=O)NCc3ccc(OCCN4CCCC4)cc3F)C(=O)CCN2c2ccccc21. The molecule has 2 aromatic rings. The number of ether oxygens (including phenoxy) is 1. The second-order valence-corrected chi connectivity index (χ2v) is 9.09. The highest BCUT2D eigenvalue weighted by molar-refractivity contribution is 6.22. The normalized spacial score (nSPS) is 17.6. The summed E-state index contributed by atoms with van der Waals surface area (Å²) in [6, 6.07) is 12.6. The molecule has 35 heavy (non-hydrogen) atoms. The first-order valence-corrected chi connectivity index (χ1v) is 12.4. The Hall–Kier alpha value is -3.39. The first-order valence-electron chi connectivity index (χ1n) is 12.4. The van der Waals surface area contributed by atoms with Gasteiger partial charge in [-0.05, 0) is 51.1 Å². The average molecular weight is 479 g/mol. The number of nitrogens with zero attached hydrogens (tertiary/aromatic N) is 3. The number of Topliss-reactive ketones (excluding diaryl/α,β-unsaturated/α-hetero) is 1. The van der Waals surface area contributed by atoms with Gasteiger partial charge in [-0.2, -0.15) is 0 Å². The molecule has 8 heteroatoms. The Morgan fingerprint density at radius 3 is 2.60 bits per heavy atom. The van der Waals surface area contributed by atoms with Crippen LogP contribution in [-0.4, -0.2) is 55.9 Å². The Morgan fingerprint density at radius 2 is 1.86 bits per heavy atom. The molecule has 0 radical (unpaired) electrons. The fourth-order valence-corrected chi connectivity index (χ4v) is 5.13. The third-order valence-corrected chi connectivity index (χ3v) is 6.92. The van der Waals surface area contributed by atoms with Crippen LogP contribution in [0, 0.1) is 5.82 Å². The lowest BCUT2D eigenvalue weighted by molar-refractivity contribution is -0.123. The minimum absolute atomic E-state index is 0.0120. The van der Waals surface area contributed by atoms with Crippen molar-refractivity contribution in [2.75, 3.05) is 49.1 Å². The lowest BCUT2D eigenvalue weighted by Gasteiger charge is -2.30. The fraction of sp³-hybridized carbons (Fsp3) is 0.407. The van der Waals surface area contributed by atoms with Crippen LogP contribution in [0.15, 0.2) is 53.9 Å². The highest BCUT2D eigenvalue weighted by atomic mass is 19.1. The van der Waals surface area contributed by atoms with Gasteiger partial charge in [0, 0.05) is 44.2 Å². The fourth-order valence-electron chi connectivity index (χ4n) is 5.13. The molecule has 1 N–H and O–H groups in total. The molecule has 3 aliphatic heterocycles. The van der Waals surface area contributed by atoms with E-state index in [2.05, 4.69) is 10.2 Å². The zero-order valence-electron chi connectivity index (χ0n) is 20.1. The van der Waals surface area contributed by atoms with Crippen LogP contribution in [0.25, 0.3) is 0 Å². The van der Waals surface area contributed by atoms with Crippen molar-refractivity contribution in [3.05, 3.63) is 65.2 Å². The molecule has 0 spiro atoms. The van der Waals surface area contributed by atoms with Crippen molar-refractivity contribution < 1.29 is 18.7 Å². The standard InChI is InChI=1S/C27H31FN4O3/c1-2-31-22-7-3-4-8-23(22)32-14-11-24(33)25(27(31)32)26(34)29-18-19-9-10-20(17-21(19)28)35-16-15-30-12-5-6-13-30/h3-4,7-10,17H,2,5-6,11-16,18H2,1H3,(H,29,34). The van der Waals surface area contributed by atoms with Crippen molar-refractivity contribution in [3.8, 4) is 5.75 Å². The van der Waals surface area contributed by atoms with Crippen LogP contribution in [0.1, 0.15) is 31.7 Å². The molecular weight excluding hydrogens is 447 g/mol. The van der Waals surface area contributed by atoms with Crippen LogP contribution in [-0.2, 0) is 16.1 Å². The van der Waals surface area contributed by atoms with E-state index in [1.807, 2.05) is 41.0 Å². The molecule has 184 valence electrons. The van der Waals surface area contributed by atoms with E-state index in [1.165, 1.54) is 18.9 Å². The number of rotatable bonds is 8. The summed E-state index contributed by atoms with van der Waals surface area (Å²) in [6.07, 6.45) is 2.71. The summed E-state index contributed by atoms with van der Waals surface area (Å²) >= 11 is 0. The Balaban J connectivity index is 1.27. The summed E-state index contributed by atoms with van der Waals surface area (Å²) in [5.74, 6) is -0.0259. The zero-order chi connectivity index (χ0) is 24.4. The van der Waals surface area contributed by atoms with Crippen LogP contribution in [0.2, 0.25) is 0 Å². The van der Waals surface area contributed by atoms with Crippen molar-refractivity contribution in [2.24, 2.45) is 0 Å². The number of hydrogen-bond acceptors (Lipinski definition) is 6. The van der Waals surface area contributed by atoms with E-state index in [4.69, 9.17) is 4.74 Å². The van der Waals surface area contributed by atoms with E-state index in [-0.39, 0.29) is 24.3 Å². The molecule has 0 aromatic heterocycles. The van der Waals surface area contributed by atoms with Gasteiger partial charge in [-0.3, -0.25) is 14.5 Å². The number of nitrogens with one attached hydrogen (secondary N) is 1. The number of para-hydroxylation sites is 2. The Bertz CT molecular complexity index is 1140. The molecule has 2 aromatic carbocycles. The number of likely N-dealkylation sites (tertiary alicyclic amines) is 1. The number of carbonyl (C=O) groups is 2. The molecular formula is C27H31FN4O3. The monoisotopic (exact) mass is 478 g/mol. The molecule has 5 rings (SSSR count). The van der Waals surface area contributed by atoms with Crippen molar-refractivity contribution >= 4 is 23.1 Å². The molecule has 1 amide bonds. The second kappa shape index (κ2) is 10.1. The third kappa shape index (κ3) is 4.62. The number of anilines is 2. The molecule has 3 aliphatic rings. The minimum Gasteiger partial charge on any atom is -0.492 e. The number of amides is 1. The molecule has 7 nitrogen and oxygen atoms in total.